The van der Waals surface area contributed by atoms with Crippen LogP contribution in [-0.4, -0.2) is 35.8 Å². The Morgan fingerprint density at radius 2 is 1.93 bits per heavy atom. The number of rotatable bonds is 2. The molecular weight excluding hydrogens is 344 g/mol. The molecule has 2 heterocycles. The zero-order valence-corrected chi connectivity index (χ0v) is 15.2. The van der Waals surface area contributed by atoms with Gasteiger partial charge in [-0.1, -0.05) is 51.1 Å². The van der Waals surface area contributed by atoms with Gasteiger partial charge >= 0.3 is 0 Å². The third-order valence-electron chi connectivity index (χ3n) is 4.27. The number of benzene rings is 2. The van der Waals surface area contributed by atoms with Crippen molar-refractivity contribution in [2.45, 2.75) is 26.2 Å². The summed E-state index contributed by atoms with van der Waals surface area (Å²) in [6, 6.07) is 11.1. The van der Waals surface area contributed by atoms with Crippen molar-refractivity contribution in [1.29, 1.82) is 0 Å². The summed E-state index contributed by atoms with van der Waals surface area (Å²) in [5.41, 5.74) is 0.00819. The molecule has 2 aromatic heterocycles. The fourth-order valence-electron chi connectivity index (χ4n) is 2.89. The molecule has 0 atom stereocenters. The van der Waals surface area contributed by atoms with E-state index in [-0.39, 0.29) is 17.1 Å². The van der Waals surface area contributed by atoms with Crippen molar-refractivity contribution in [3.8, 4) is 5.75 Å². The number of phenols is 1. The molecule has 0 radical (unpaired) electrons. The maximum absolute atomic E-state index is 12.9. The molecule has 136 valence electrons. The van der Waals surface area contributed by atoms with Gasteiger partial charge in [0.15, 0.2) is 0 Å². The lowest BCUT2D eigenvalue weighted by molar-refractivity contribution is 0.475. The van der Waals surface area contributed by atoms with E-state index >= 15 is 0 Å². The SMILES string of the molecule is CC(C)(C)c1nn2cnnc2n(/N=C\c2c(O)ccc3ccccc23)c1=O. The van der Waals surface area contributed by atoms with Crippen LogP contribution in [0.5, 0.6) is 5.75 Å². The van der Waals surface area contributed by atoms with Crippen LogP contribution in [-0.2, 0) is 5.41 Å². The van der Waals surface area contributed by atoms with Crippen LogP contribution in [0.4, 0.5) is 0 Å². The molecule has 8 heteroatoms. The smallest absolute Gasteiger partial charge is 0.298 e. The van der Waals surface area contributed by atoms with Gasteiger partial charge in [-0.2, -0.15) is 19.4 Å². The Bertz CT molecular complexity index is 1250. The third-order valence-corrected chi connectivity index (χ3v) is 4.27. The fraction of sp³-hybridized carbons (Fsp3) is 0.211. The molecule has 0 amide bonds. The molecule has 4 rings (SSSR count). The first kappa shape index (κ1) is 16.9. The molecule has 1 N–H and O–H groups in total. The number of hydrogen-bond donors (Lipinski definition) is 1. The van der Waals surface area contributed by atoms with E-state index in [1.807, 2.05) is 51.1 Å². The van der Waals surface area contributed by atoms with E-state index in [0.29, 0.717) is 11.3 Å². The van der Waals surface area contributed by atoms with Gasteiger partial charge in [0.2, 0.25) is 0 Å². The van der Waals surface area contributed by atoms with E-state index in [2.05, 4.69) is 20.4 Å². The van der Waals surface area contributed by atoms with Crippen LogP contribution in [0.2, 0.25) is 0 Å². The van der Waals surface area contributed by atoms with E-state index in [1.165, 1.54) is 17.1 Å². The zero-order chi connectivity index (χ0) is 19.2. The predicted octanol–water partition coefficient (Wildman–Crippen LogP) is 2.32. The topological polar surface area (TPSA) is 97.7 Å². The number of aromatic nitrogens is 5. The molecule has 4 aromatic rings. The van der Waals surface area contributed by atoms with Gasteiger partial charge < -0.3 is 5.11 Å². The summed E-state index contributed by atoms with van der Waals surface area (Å²) in [7, 11) is 0. The highest BCUT2D eigenvalue weighted by atomic mass is 16.3. The van der Waals surface area contributed by atoms with Crippen molar-refractivity contribution in [3.05, 3.63) is 64.3 Å². The average Bonchev–Trinajstić information content (AvgIpc) is 3.09. The summed E-state index contributed by atoms with van der Waals surface area (Å²) in [5.74, 6) is 0.275. The minimum atomic E-state index is -0.478. The molecule has 0 fully saturated rings. The summed E-state index contributed by atoms with van der Waals surface area (Å²) in [5, 5.41) is 28.5. The molecule has 8 nitrogen and oxygen atoms in total. The van der Waals surface area contributed by atoms with E-state index in [1.54, 1.807) is 6.07 Å². The van der Waals surface area contributed by atoms with Gasteiger partial charge in [-0.05, 0) is 16.8 Å². The molecule has 0 aliphatic carbocycles. The van der Waals surface area contributed by atoms with Crippen molar-refractivity contribution >= 4 is 22.8 Å². The van der Waals surface area contributed by atoms with Crippen LogP contribution in [0.1, 0.15) is 32.0 Å². The molecule has 0 saturated heterocycles. The van der Waals surface area contributed by atoms with Crippen LogP contribution in [0, 0.1) is 0 Å². The Labute approximate surface area is 154 Å². The normalized spacial score (nSPS) is 12.4. The van der Waals surface area contributed by atoms with E-state index in [4.69, 9.17) is 0 Å². The molecule has 0 saturated carbocycles. The second-order valence-electron chi connectivity index (χ2n) is 7.26. The second-order valence-corrected chi connectivity index (χ2v) is 7.26. The van der Waals surface area contributed by atoms with Crippen LogP contribution in [0.3, 0.4) is 0 Å². The Balaban J connectivity index is 1.95. The fourth-order valence-corrected chi connectivity index (χ4v) is 2.89. The monoisotopic (exact) mass is 362 g/mol. The predicted molar refractivity (Wildman–Crippen MR) is 102 cm³/mol. The minimum Gasteiger partial charge on any atom is -0.507 e. The highest BCUT2D eigenvalue weighted by Gasteiger charge is 2.23. The van der Waals surface area contributed by atoms with Crippen molar-refractivity contribution in [2.24, 2.45) is 5.10 Å². The summed E-state index contributed by atoms with van der Waals surface area (Å²) in [4.78, 5) is 12.9. The number of nitrogens with zero attached hydrogens (tertiary/aromatic N) is 6. The Kier molecular flexibility index (Phi) is 3.76. The third kappa shape index (κ3) is 2.84. The first-order valence-corrected chi connectivity index (χ1v) is 8.45. The van der Waals surface area contributed by atoms with Crippen molar-refractivity contribution < 1.29 is 5.11 Å². The molecular formula is C19H18N6O2. The molecule has 0 aliphatic heterocycles. The quantitative estimate of drug-likeness (QED) is 0.552. The highest BCUT2D eigenvalue weighted by molar-refractivity contribution is 6.02. The van der Waals surface area contributed by atoms with Crippen LogP contribution < -0.4 is 5.56 Å². The number of hydrogen-bond acceptors (Lipinski definition) is 6. The van der Waals surface area contributed by atoms with Gasteiger partial charge in [0, 0.05) is 11.0 Å². The molecule has 0 bridgehead atoms. The lowest BCUT2D eigenvalue weighted by Gasteiger charge is -2.16. The molecule has 27 heavy (non-hydrogen) atoms. The molecule has 0 aliphatic rings. The van der Waals surface area contributed by atoms with Crippen LogP contribution in [0.25, 0.3) is 16.6 Å². The van der Waals surface area contributed by atoms with Crippen molar-refractivity contribution in [3.63, 3.8) is 0 Å². The lowest BCUT2D eigenvalue weighted by atomic mass is 9.93. The van der Waals surface area contributed by atoms with Crippen LogP contribution in [0.15, 0.2) is 52.6 Å². The van der Waals surface area contributed by atoms with Gasteiger partial charge in [-0.25, -0.2) is 0 Å². The second kappa shape index (κ2) is 6.01. The number of aromatic hydroxyl groups is 1. The summed E-state index contributed by atoms with van der Waals surface area (Å²) in [6.07, 6.45) is 2.88. The number of fused-ring (bicyclic) bond motifs is 2. The molecule has 0 spiro atoms. The highest BCUT2D eigenvalue weighted by Crippen LogP contribution is 2.25. The Morgan fingerprint density at radius 3 is 2.70 bits per heavy atom. The molecule has 0 unspecified atom stereocenters. The summed E-state index contributed by atoms with van der Waals surface area (Å²) < 4.78 is 2.57. The van der Waals surface area contributed by atoms with Crippen LogP contribution >= 0.6 is 0 Å². The van der Waals surface area contributed by atoms with Gasteiger partial charge in [-0.3, -0.25) is 4.79 Å². The van der Waals surface area contributed by atoms with E-state index < -0.39 is 5.41 Å². The first-order chi connectivity index (χ1) is 12.9. The number of phenolic OH excluding ortho intramolecular Hbond substituents is 1. The lowest BCUT2D eigenvalue weighted by Crippen LogP contribution is -2.33. The van der Waals surface area contributed by atoms with Gasteiger partial charge in [-0.15, -0.1) is 10.2 Å². The van der Waals surface area contributed by atoms with Crippen molar-refractivity contribution in [2.75, 3.05) is 0 Å². The zero-order valence-electron chi connectivity index (χ0n) is 15.2. The standard InChI is InChI=1S/C19H18N6O2/c1-19(2,3)16-17(27)25(18-22-20-11-24(18)23-16)21-10-14-13-7-5-4-6-12(13)8-9-15(14)26/h4-11,26H,1-3H3/b21-10-. The summed E-state index contributed by atoms with van der Waals surface area (Å²) in [6.45, 7) is 5.70. The molecule has 2 aromatic carbocycles. The maximum atomic E-state index is 12.9. The van der Waals surface area contributed by atoms with Gasteiger partial charge in [0.25, 0.3) is 11.3 Å². The first-order valence-electron chi connectivity index (χ1n) is 8.45. The van der Waals surface area contributed by atoms with Gasteiger partial charge in [0.1, 0.15) is 17.8 Å². The average molecular weight is 362 g/mol. The maximum Gasteiger partial charge on any atom is 0.298 e. The largest absolute Gasteiger partial charge is 0.507 e. The van der Waals surface area contributed by atoms with Crippen molar-refractivity contribution in [1.82, 2.24) is 24.5 Å². The van der Waals surface area contributed by atoms with Gasteiger partial charge in [0.05, 0.1) is 6.21 Å². The van der Waals surface area contributed by atoms with E-state index in [9.17, 15) is 9.90 Å². The van der Waals surface area contributed by atoms with E-state index in [0.717, 1.165) is 15.4 Å². The Morgan fingerprint density at radius 1 is 1.15 bits per heavy atom. The Hall–Kier alpha value is -3.55. The minimum absolute atomic E-state index is 0.0769. The summed E-state index contributed by atoms with van der Waals surface area (Å²) >= 11 is 0.